The molecule has 1 aromatic heterocycles. The molecule has 6 heteroatoms. The van der Waals surface area contributed by atoms with E-state index in [2.05, 4.69) is 20.9 Å². The van der Waals surface area contributed by atoms with Crippen LogP contribution in [0.5, 0.6) is 0 Å². The predicted octanol–water partition coefficient (Wildman–Crippen LogP) is -0.604. The molecule has 1 rings (SSSR count). The zero-order valence-electron chi connectivity index (χ0n) is 5.90. The molecule has 1 heterocycles. The van der Waals surface area contributed by atoms with Crippen molar-refractivity contribution in [2.24, 2.45) is 0 Å². The summed E-state index contributed by atoms with van der Waals surface area (Å²) in [5.41, 5.74) is 0.472. The molecular weight excluding hydrogens is 223 g/mol. The van der Waals surface area contributed by atoms with E-state index in [4.69, 9.17) is 15.3 Å². The highest BCUT2D eigenvalue weighted by Gasteiger charge is 2.15. The summed E-state index contributed by atoms with van der Waals surface area (Å²) in [7, 11) is -1.57. The van der Waals surface area contributed by atoms with E-state index in [0.717, 1.165) is 0 Å². The molecule has 0 aromatic carbocycles. The maximum absolute atomic E-state index is 8.77. The van der Waals surface area contributed by atoms with Crippen molar-refractivity contribution in [3.8, 4) is 6.07 Å². The van der Waals surface area contributed by atoms with Crippen LogP contribution in [0.3, 0.4) is 0 Å². The fraction of sp³-hybridized carbons (Fsp3) is 0. The predicted molar refractivity (Wildman–Crippen MR) is 46.5 cm³/mol. The first-order valence-corrected chi connectivity index (χ1v) is 3.87. The summed E-state index contributed by atoms with van der Waals surface area (Å²) in [6.07, 6.45) is 0. The Morgan fingerprint density at radius 2 is 2.17 bits per heavy atom. The minimum atomic E-state index is -1.57. The fourth-order valence-electron chi connectivity index (χ4n) is 0.700. The van der Waals surface area contributed by atoms with Crippen LogP contribution in [-0.4, -0.2) is 22.2 Å². The molecule has 0 saturated heterocycles. The van der Waals surface area contributed by atoms with Crippen LogP contribution in [-0.2, 0) is 0 Å². The van der Waals surface area contributed by atoms with Crippen LogP contribution in [0.2, 0.25) is 0 Å². The number of rotatable bonds is 1. The molecule has 12 heavy (non-hydrogen) atoms. The smallest absolute Gasteiger partial charge is 0.423 e. The van der Waals surface area contributed by atoms with Gasteiger partial charge < -0.3 is 10.0 Å². The number of aromatic nitrogens is 1. The standard InChI is InChI=1S/C6H4BBrN2O2/c8-6-5(7(11)12)2-1-4(3-9)10-6/h1-2,11-12H. The van der Waals surface area contributed by atoms with Crippen LogP contribution in [0.15, 0.2) is 16.7 Å². The van der Waals surface area contributed by atoms with Gasteiger partial charge in [-0.05, 0) is 22.0 Å². The Hall–Kier alpha value is -0.895. The topological polar surface area (TPSA) is 77.1 Å². The van der Waals surface area contributed by atoms with Gasteiger partial charge in [0, 0.05) is 5.46 Å². The molecule has 0 radical (unpaired) electrons. The summed E-state index contributed by atoms with van der Waals surface area (Å²) in [4.78, 5) is 3.75. The lowest BCUT2D eigenvalue weighted by molar-refractivity contribution is 0.425. The minimum Gasteiger partial charge on any atom is -0.423 e. The van der Waals surface area contributed by atoms with Crippen LogP contribution in [0, 0.1) is 11.3 Å². The van der Waals surface area contributed by atoms with Crippen molar-refractivity contribution < 1.29 is 10.0 Å². The molecule has 0 fully saturated rings. The second-order valence-corrected chi connectivity index (χ2v) is 2.81. The van der Waals surface area contributed by atoms with Gasteiger partial charge in [0.25, 0.3) is 0 Å². The van der Waals surface area contributed by atoms with Gasteiger partial charge in [-0.15, -0.1) is 0 Å². The van der Waals surface area contributed by atoms with Gasteiger partial charge in [-0.3, -0.25) is 0 Å². The highest BCUT2D eigenvalue weighted by Crippen LogP contribution is 2.03. The molecule has 4 nitrogen and oxygen atoms in total. The van der Waals surface area contributed by atoms with E-state index in [1.165, 1.54) is 12.1 Å². The normalized spacial score (nSPS) is 9.17. The van der Waals surface area contributed by atoms with Crippen molar-refractivity contribution in [2.45, 2.75) is 0 Å². The van der Waals surface area contributed by atoms with Crippen LogP contribution in [0.25, 0.3) is 0 Å². The second-order valence-electron chi connectivity index (χ2n) is 2.06. The van der Waals surface area contributed by atoms with Crippen LogP contribution >= 0.6 is 15.9 Å². The second kappa shape index (κ2) is 3.67. The maximum atomic E-state index is 8.77. The van der Waals surface area contributed by atoms with Gasteiger partial charge in [0.05, 0.1) is 0 Å². The van der Waals surface area contributed by atoms with E-state index in [9.17, 15) is 0 Å². The molecule has 0 bridgehead atoms. The third-order valence-corrected chi connectivity index (χ3v) is 1.91. The third-order valence-electron chi connectivity index (χ3n) is 1.27. The summed E-state index contributed by atoms with van der Waals surface area (Å²) in [6.45, 7) is 0. The van der Waals surface area contributed by atoms with E-state index in [1.807, 2.05) is 6.07 Å². The van der Waals surface area contributed by atoms with Crippen LogP contribution in [0.1, 0.15) is 5.69 Å². The zero-order valence-corrected chi connectivity index (χ0v) is 7.48. The molecule has 0 unspecified atom stereocenters. The van der Waals surface area contributed by atoms with Gasteiger partial charge in [-0.1, -0.05) is 6.07 Å². The first kappa shape index (κ1) is 9.19. The number of nitrogens with zero attached hydrogens (tertiary/aromatic N) is 2. The van der Waals surface area contributed by atoms with Gasteiger partial charge in [0.1, 0.15) is 16.4 Å². The lowest BCUT2D eigenvalue weighted by atomic mass is 9.82. The SMILES string of the molecule is N#Cc1ccc(B(O)O)c(Br)n1. The number of hydrogen-bond acceptors (Lipinski definition) is 4. The molecule has 60 valence electrons. The van der Waals surface area contributed by atoms with Gasteiger partial charge >= 0.3 is 7.12 Å². The maximum Gasteiger partial charge on any atom is 0.491 e. The van der Waals surface area contributed by atoms with E-state index < -0.39 is 7.12 Å². The van der Waals surface area contributed by atoms with Gasteiger partial charge in [-0.25, -0.2) is 4.98 Å². The Morgan fingerprint density at radius 3 is 2.58 bits per heavy atom. The Kier molecular flexibility index (Phi) is 2.81. The van der Waals surface area contributed by atoms with E-state index in [1.54, 1.807) is 0 Å². The first-order valence-electron chi connectivity index (χ1n) is 3.08. The summed E-state index contributed by atoms with van der Waals surface area (Å²) < 4.78 is 0.275. The largest absolute Gasteiger partial charge is 0.491 e. The molecule has 0 atom stereocenters. The van der Waals surface area contributed by atoms with Crippen molar-refractivity contribution in [1.29, 1.82) is 5.26 Å². The average Bonchev–Trinajstić information content (AvgIpc) is 2.03. The molecule has 0 spiro atoms. The molecular formula is C6H4BBrN2O2. The lowest BCUT2D eigenvalue weighted by Gasteiger charge is -2.00. The van der Waals surface area contributed by atoms with Gasteiger partial charge in [0.2, 0.25) is 0 Å². The molecule has 0 amide bonds. The quantitative estimate of drug-likeness (QED) is 0.495. The summed E-state index contributed by atoms with van der Waals surface area (Å²) in [6, 6.07) is 4.68. The Balaban J connectivity index is 3.14. The Labute approximate surface area is 77.8 Å². The van der Waals surface area contributed by atoms with Crippen molar-refractivity contribution in [3.63, 3.8) is 0 Å². The lowest BCUT2D eigenvalue weighted by Crippen LogP contribution is -2.31. The number of halogens is 1. The molecule has 0 aliphatic heterocycles. The van der Waals surface area contributed by atoms with Crippen molar-refractivity contribution in [1.82, 2.24) is 4.98 Å². The van der Waals surface area contributed by atoms with Crippen LogP contribution in [0.4, 0.5) is 0 Å². The first-order chi connectivity index (χ1) is 5.65. The van der Waals surface area contributed by atoms with E-state index in [0.29, 0.717) is 0 Å². The van der Waals surface area contributed by atoms with Crippen molar-refractivity contribution in [3.05, 3.63) is 22.4 Å². The highest BCUT2D eigenvalue weighted by atomic mass is 79.9. The van der Waals surface area contributed by atoms with Crippen molar-refractivity contribution in [2.75, 3.05) is 0 Å². The Morgan fingerprint density at radius 1 is 1.50 bits per heavy atom. The van der Waals surface area contributed by atoms with E-state index >= 15 is 0 Å². The fourth-order valence-corrected chi connectivity index (χ4v) is 1.23. The summed E-state index contributed by atoms with van der Waals surface area (Å²) in [5, 5.41) is 26.0. The third kappa shape index (κ3) is 1.82. The summed E-state index contributed by atoms with van der Waals surface area (Å²) in [5.74, 6) is 0. The minimum absolute atomic E-state index is 0.228. The number of nitriles is 1. The van der Waals surface area contributed by atoms with Gasteiger partial charge in [0.15, 0.2) is 0 Å². The van der Waals surface area contributed by atoms with E-state index in [-0.39, 0.29) is 15.8 Å². The average molecular weight is 227 g/mol. The Bertz CT molecular complexity index is 337. The van der Waals surface area contributed by atoms with Crippen LogP contribution < -0.4 is 5.46 Å². The molecule has 0 aliphatic rings. The molecule has 2 N–H and O–H groups in total. The summed E-state index contributed by atoms with van der Waals surface area (Å²) >= 11 is 3.01. The molecule has 0 saturated carbocycles. The van der Waals surface area contributed by atoms with Gasteiger partial charge in [-0.2, -0.15) is 5.26 Å². The molecule has 0 aliphatic carbocycles. The highest BCUT2D eigenvalue weighted by molar-refractivity contribution is 9.10. The zero-order chi connectivity index (χ0) is 9.14. The number of pyridine rings is 1. The monoisotopic (exact) mass is 226 g/mol. The molecule has 1 aromatic rings. The number of hydrogen-bond donors (Lipinski definition) is 2. The van der Waals surface area contributed by atoms with Crippen molar-refractivity contribution >= 4 is 28.5 Å².